The number of primary amides is 1. The van der Waals surface area contributed by atoms with E-state index in [0.717, 1.165) is 18.9 Å². The second kappa shape index (κ2) is 15.7. The summed E-state index contributed by atoms with van der Waals surface area (Å²) in [4.78, 5) is 21.0. The molecule has 2 N–H and O–H groups in total. The van der Waals surface area contributed by atoms with Gasteiger partial charge in [-0.2, -0.15) is 0 Å². The zero-order valence-corrected chi connectivity index (χ0v) is 18.8. The molecule has 1 amide bonds. The van der Waals surface area contributed by atoms with Gasteiger partial charge in [-0.3, -0.25) is 4.79 Å². The molecular weight excluding hydrogens is 346 g/mol. The van der Waals surface area contributed by atoms with Crippen molar-refractivity contribution in [3.8, 4) is 0 Å². The van der Waals surface area contributed by atoms with Gasteiger partial charge in [0.15, 0.2) is 0 Å². The summed E-state index contributed by atoms with van der Waals surface area (Å²) in [5.41, 5.74) is 4.26. The maximum Gasteiger partial charge on any atom is 0.405 e. The lowest BCUT2D eigenvalue weighted by Gasteiger charge is -2.16. The van der Waals surface area contributed by atoms with Gasteiger partial charge in [-0.15, -0.1) is 0 Å². The molecule has 1 unspecified atom stereocenters. The zero-order chi connectivity index (χ0) is 21.5. The van der Waals surface area contributed by atoms with Crippen LogP contribution >= 0.6 is 0 Å². The number of hydrogen-bond acceptors (Lipinski definition) is 5. The van der Waals surface area contributed by atoms with Gasteiger partial charge < -0.3 is 19.9 Å². The van der Waals surface area contributed by atoms with E-state index in [9.17, 15) is 9.59 Å². The van der Waals surface area contributed by atoms with E-state index in [-0.39, 0.29) is 12.1 Å². The summed E-state index contributed by atoms with van der Waals surface area (Å²) in [6, 6.07) is 0. The van der Waals surface area contributed by atoms with Crippen LogP contribution in [0.25, 0.3) is 0 Å². The largest absolute Gasteiger partial charge is 0.463 e. The van der Waals surface area contributed by atoms with E-state index >= 15 is 0 Å². The summed E-state index contributed by atoms with van der Waals surface area (Å²) in [5.74, 6) is 1.42. The van der Waals surface area contributed by atoms with Gasteiger partial charge >= 0.3 is 12.1 Å². The Balaban J connectivity index is 0. The highest BCUT2D eigenvalue weighted by Crippen LogP contribution is 2.29. The molecule has 0 spiro atoms. The van der Waals surface area contributed by atoms with Crippen LogP contribution in [-0.2, 0) is 19.0 Å². The van der Waals surface area contributed by atoms with E-state index in [1.807, 2.05) is 13.8 Å². The molecule has 162 valence electrons. The molecule has 0 aliphatic heterocycles. The van der Waals surface area contributed by atoms with Crippen LogP contribution in [-0.4, -0.2) is 37.5 Å². The molecule has 1 aliphatic rings. The minimum Gasteiger partial charge on any atom is -0.463 e. The smallest absolute Gasteiger partial charge is 0.405 e. The number of methoxy groups -OCH3 is 1. The summed E-state index contributed by atoms with van der Waals surface area (Å²) in [6.45, 7) is 14.3. The first-order chi connectivity index (χ1) is 12.4. The highest BCUT2D eigenvalue weighted by molar-refractivity contribution is 5.69. The summed E-state index contributed by atoms with van der Waals surface area (Å²) >= 11 is 0. The van der Waals surface area contributed by atoms with Crippen LogP contribution in [0.5, 0.6) is 0 Å². The minimum absolute atomic E-state index is 0.0644. The highest BCUT2D eigenvalue weighted by atomic mass is 16.6. The van der Waals surface area contributed by atoms with Crippen LogP contribution < -0.4 is 5.73 Å². The number of carbonyl (C=O) groups excluding carboxylic acids is 2. The molecule has 0 bridgehead atoms. The molecule has 27 heavy (non-hydrogen) atoms. The summed E-state index contributed by atoms with van der Waals surface area (Å²) in [7, 11) is 1.72. The number of amides is 1. The number of carbonyl (C=O) groups is 2. The van der Waals surface area contributed by atoms with Gasteiger partial charge in [-0.1, -0.05) is 46.5 Å². The fourth-order valence-electron chi connectivity index (χ4n) is 2.71. The van der Waals surface area contributed by atoms with Crippen molar-refractivity contribution >= 4 is 12.1 Å². The van der Waals surface area contributed by atoms with E-state index in [1.54, 1.807) is 27.9 Å². The number of ether oxygens (including phenoxy) is 3. The Hall–Kier alpha value is -1.30. The molecule has 0 aromatic rings. The number of nitrogens with two attached hydrogens (primary N) is 1. The van der Waals surface area contributed by atoms with E-state index < -0.39 is 11.7 Å². The molecule has 0 aromatic heterocycles. The maximum atomic E-state index is 11.0. The van der Waals surface area contributed by atoms with E-state index in [4.69, 9.17) is 15.2 Å². The topological polar surface area (TPSA) is 87.9 Å². The molecule has 6 nitrogen and oxygen atoms in total. The first-order valence-electron chi connectivity index (χ1n) is 10.1. The third-order valence-electron chi connectivity index (χ3n) is 3.67. The Kier molecular flexibility index (Phi) is 16.3. The van der Waals surface area contributed by atoms with Gasteiger partial charge in [-0.05, 0) is 46.0 Å². The average Bonchev–Trinajstić information content (AvgIpc) is 2.98. The Morgan fingerprint density at radius 1 is 1.11 bits per heavy atom. The predicted octanol–water partition coefficient (Wildman–Crippen LogP) is 5.08. The lowest BCUT2D eigenvalue weighted by molar-refractivity contribution is -0.148. The molecule has 0 heterocycles. The summed E-state index contributed by atoms with van der Waals surface area (Å²) in [6.07, 6.45) is 6.33. The predicted molar refractivity (Wildman–Crippen MR) is 110 cm³/mol. The van der Waals surface area contributed by atoms with Gasteiger partial charge in [0.05, 0.1) is 6.10 Å². The van der Waals surface area contributed by atoms with Crippen LogP contribution in [0.2, 0.25) is 0 Å². The third-order valence-corrected chi connectivity index (χ3v) is 3.67. The number of esters is 1. The molecule has 6 heteroatoms. The second-order valence-corrected chi connectivity index (χ2v) is 8.42. The minimum atomic E-state index is -0.725. The van der Waals surface area contributed by atoms with E-state index in [1.165, 1.54) is 25.7 Å². The van der Waals surface area contributed by atoms with Crippen LogP contribution in [0.1, 0.15) is 87.0 Å². The number of hydrogen-bond donors (Lipinski definition) is 1. The zero-order valence-electron chi connectivity index (χ0n) is 18.8. The SMILES string of the molecule is CC(C)(C)OC(N)=O.CCC(=O)OC(C)CC1CCCC1.COCC(C)C. The molecule has 0 aromatic carbocycles. The van der Waals surface area contributed by atoms with Crippen molar-refractivity contribution in [2.75, 3.05) is 13.7 Å². The van der Waals surface area contributed by atoms with Gasteiger partial charge in [-0.25, -0.2) is 4.79 Å². The fourth-order valence-corrected chi connectivity index (χ4v) is 2.71. The highest BCUT2D eigenvalue weighted by Gasteiger charge is 2.19. The lowest BCUT2D eigenvalue weighted by atomic mass is 10.0. The molecule has 1 aliphatic carbocycles. The molecular formula is C21H43NO5. The summed E-state index contributed by atoms with van der Waals surface area (Å²) < 4.78 is 14.6. The lowest BCUT2D eigenvalue weighted by Crippen LogP contribution is -2.27. The molecule has 1 fully saturated rings. The Morgan fingerprint density at radius 2 is 1.63 bits per heavy atom. The van der Waals surface area contributed by atoms with Crippen LogP contribution in [0.15, 0.2) is 0 Å². The molecule has 0 saturated heterocycles. The van der Waals surface area contributed by atoms with Gasteiger partial charge in [0.25, 0.3) is 0 Å². The monoisotopic (exact) mass is 389 g/mol. The van der Waals surface area contributed by atoms with Crippen molar-refractivity contribution < 1.29 is 23.8 Å². The fraction of sp³-hybridized carbons (Fsp3) is 0.905. The first-order valence-corrected chi connectivity index (χ1v) is 10.1. The quantitative estimate of drug-likeness (QED) is 0.640. The Labute approximate surface area is 166 Å². The van der Waals surface area contributed by atoms with Crippen molar-refractivity contribution in [2.45, 2.75) is 98.7 Å². The van der Waals surface area contributed by atoms with E-state index in [2.05, 4.69) is 18.6 Å². The van der Waals surface area contributed by atoms with Crippen molar-refractivity contribution in [2.24, 2.45) is 17.6 Å². The van der Waals surface area contributed by atoms with Crippen LogP contribution in [0.3, 0.4) is 0 Å². The molecule has 1 rings (SSSR count). The third kappa shape index (κ3) is 22.7. The van der Waals surface area contributed by atoms with Gasteiger partial charge in [0.1, 0.15) is 5.60 Å². The van der Waals surface area contributed by atoms with Crippen molar-refractivity contribution in [3.05, 3.63) is 0 Å². The summed E-state index contributed by atoms with van der Waals surface area (Å²) in [5, 5.41) is 0. The second-order valence-electron chi connectivity index (χ2n) is 8.42. The van der Waals surface area contributed by atoms with Crippen LogP contribution in [0.4, 0.5) is 4.79 Å². The van der Waals surface area contributed by atoms with Crippen molar-refractivity contribution in [3.63, 3.8) is 0 Å². The Bertz CT molecular complexity index is 385. The Morgan fingerprint density at radius 3 is 1.89 bits per heavy atom. The van der Waals surface area contributed by atoms with Crippen molar-refractivity contribution in [1.82, 2.24) is 0 Å². The van der Waals surface area contributed by atoms with Gasteiger partial charge in [0.2, 0.25) is 0 Å². The molecule has 0 radical (unpaired) electrons. The first kappa shape index (κ1) is 27.9. The number of rotatable bonds is 6. The molecule has 1 saturated carbocycles. The molecule has 1 atom stereocenters. The maximum absolute atomic E-state index is 11.0. The normalized spacial score (nSPS) is 15.1. The van der Waals surface area contributed by atoms with Crippen LogP contribution in [0, 0.1) is 11.8 Å². The van der Waals surface area contributed by atoms with Gasteiger partial charge in [0, 0.05) is 20.1 Å². The standard InChI is InChI=1S/C11H20O2.C5H11NO2.C5H12O/c1-3-11(12)13-9(2)8-10-6-4-5-7-10;1-5(2,3)8-4(6)7;1-5(2)4-6-3/h9-10H,3-8H2,1-2H3;1-3H3,(H2,6,7);5H,4H2,1-3H3. The average molecular weight is 390 g/mol. The van der Waals surface area contributed by atoms with Crippen molar-refractivity contribution in [1.29, 1.82) is 0 Å². The van der Waals surface area contributed by atoms with E-state index in [0.29, 0.717) is 12.3 Å².